The van der Waals surface area contributed by atoms with E-state index in [2.05, 4.69) is 20.9 Å². The molecule has 0 atom stereocenters. The minimum absolute atomic E-state index is 0.0509. The summed E-state index contributed by atoms with van der Waals surface area (Å²) in [5.74, 6) is 0.0105. The van der Waals surface area contributed by atoms with Gasteiger partial charge in [0, 0.05) is 17.8 Å². The number of carbonyl (C=O) groups excluding carboxylic acids is 3. The Hall–Kier alpha value is -3.26. The molecule has 0 saturated carbocycles. The Balaban J connectivity index is 1.38. The van der Waals surface area contributed by atoms with Crippen LogP contribution in [0.1, 0.15) is 12.8 Å². The first-order valence-electron chi connectivity index (χ1n) is 9.20. The third kappa shape index (κ3) is 5.88. The average Bonchev–Trinajstić information content (AvgIpc) is 2.70. The second kappa shape index (κ2) is 9.61. The molecule has 2 aromatic rings. The number of benzene rings is 1. The normalized spacial score (nSPS) is 14.9. The van der Waals surface area contributed by atoms with Crippen LogP contribution in [-0.4, -0.2) is 47.4 Å². The summed E-state index contributed by atoms with van der Waals surface area (Å²) >= 11 is 0. The number of pyridine rings is 1. The molecule has 8 nitrogen and oxygen atoms in total. The lowest BCUT2D eigenvalue weighted by atomic mass is 9.96. The third-order valence-corrected chi connectivity index (χ3v) is 4.53. The Morgan fingerprint density at radius 3 is 2.36 bits per heavy atom. The van der Waals surface area contributed by atoms with Gasteiger partial charge in [-0.3, -0.25) is 19.8 Å². The van der Waals surface area contributed by atoms with Crippen molar-refractivity contribution in [2.45, 2.75) is 12.8 Å². The largest absolute Gasteiger partial charge is 0.325 e. The Morgan fingerprint density at radius 2 is 1.68 bits per heavy atom. The van der Waals surface area contributed by atoms with Gasteiger partial charge in [0.05, 0.1) is 6.54 Å². The van der Waals surface area contributed by atoms with Crippen LogP contribution in [-0.2, 0) is 9.59 Å². The molecule has 3 rings (SSSR count). The number of para-hydroxylation sites is 1. The van der Waals surface area contributed by atoms with Crippen LogP contribution in [0.25, 0.3) is 0 Å². The van der Waals surface area contributed by atoms with E-state index in [-0.39, 0.29) is 24.3 Å². The molecule has 0 bridgehead atoms. The number of likely N-dealkylation sites (tertiary alicyclic amines) is 1. The summed E-state index contributed by atoms with van der Waals surface area (Å²) in [6.45, 7) is 1.36. The van der Waals surface area contributed by atoms with Crippen molar-refractivity contribution in [3.05, 3.63) is 54.7 Å². The minimum Gasteiger partial charge on any atom is -0.310 e. The number of hydrogen-bond donors (Lipinski definition) is 3. The zero-order chi connectivity index (χ0) is 19.8. The quantitative estimate of drug-likeness (QED) is 0.736. The van der Waals surface area contributed by atoms with Crippen LogP contribution < -0.4 is 16.0 Å². The number of piperidine rings is 1. The number of hydrogen-bond acceptors (Lipinski definition) is 5. The van der Waals surface area contributed by atoms with E-state index in [1.807, 2.05) is 17.0 Å². The third-order valence-electron chi connectivity index (χ3n) is 4.53. The van der Waals surface area contributed by atoms with Crippen LogP contribution in [0.15, 0.2) is 54.7 Å². The molecule has 3 N–H and O–H groups in total. The second-order valence-electron chi connectivity index (χ2n) is 6.62. The number of urea groups is 1. The predicted octanol–water partition coefficient (Wildman–Crippen LogP) is 2.08. The van der Waals surface area contributed by atoms with Gasteiger partial charge in [-0.05, 0) is 50.2 Å². The first kappa shape index (κ1) is 19.5. The highest BCUT2D eigenvalue weighted by molar-refractivity contribution is 6.01. The fraction of sp³-hybridized carbons (Fsp3) is 0.300. The molecule has 2 heterocycles. The maximum absolute atomic E-state index is 12.3. The van der Waals surface area contributed by atoms with Crippen molar-refractivity contribution in [1.82, 2.24) is 15.2 Å². The van der Waals surface area contributed by atoms with E-state index in [0.717, 1.165) is 0 Å². The van der Waals surface area contributed by atoms with Crippen LogP contribution in [0.2, 0.25) is 0 Å². The summed E-state index contributed by atoms with van der Waals surface area (Å²) < 4.78 is 0. The lowest BCUT2D eigenvalue weighted by molar-refractivity contribution is -0.122. The maximum atomic E-state index is 12.3. The fourth-order valence-corrected chi connectivity index (χ4v) is 3.07. The number of nitrogens with one attached hydrogen (secondary N) is 3. The van der Waals surface area contributed by atoms with Crippen molar-refractivity contribution in [3.8, 4) is 0 Å². The summed E-state index contributed by atoms with van der Waals surface area (Å²) in [6, 6.07) is 13.7. The molecule has 0 aliphatic carbocycles. The van der Waals surface area contributed by atoms with Gasteiger partial charge < -0.3 is 10.6 Å². The summed E-state index contributed by atoms with van der Waals surface area (Å²) in [7, 11) is 0. The first-order valence-corrected chi connectivity index (χ1v) is 9.20. The Kier molecular flexibility index (Phi) is 6.69. The monoisotopic (exact) mass is 381 g/mol. The van der Waals surface area contributed by atoms with Crippen molar-refractivity contribution in [2.75, 3.05) is 30.3 Å². The highest BCUT2D eigenvalue weighted by Gasteiger charge is 2.26. The molecule has 0 unspecified atom stereocenters. The van der Waals surface area contributed by atoms with Crippen LogP contribution >= 0.6 is 0 Å². The van der Waals surface area contributed by atoms with Gasteiger partial charge in [-0.2, -0.15) is 0 Å². The first-order chi connectivity index (χ1) is 13.6. The van der Waals surface area contributed by atoms with Crippen LogP contribution in [0.4, 0.5) is 16.3 Å². The molecule has 1 fully saturated rings. The van der Waals surface area contributed by atoms with E-state index in [1.165, 1.54) is 0 Å². The predicted molar refractivity (Wildman–Crippen MR) is 106 cm³/mol. The van der Waals surface area contributed by atoms with Gasteiger partial charge in [-0.1, -0.05) is 24.3 Å². The van der Waals surface area contributed by atoms with Crippen LogP contribution in [0.5, 0.6) is 0 Å². The fourth-order valence-electron chi connectivity index (χ4n) is 3.07. The summed E-state index contributed by atoms with van der Waals surface area (Å²) in [5, 5.41) is 7.75. The maximum Gasteiger partial charge on any atom is 0.325 e. The smallest absolute Gasteiger partial charge is 0.310 e. The molecular formula is C20H23N5O3. The van der Waals surface area contributed by atoms with E-state index in [9.17, 15) is 14.4 Å². The molecule has 0 radical (unpaired) electrons. The molecule has 146 valence electrons. The number of amides is 4. The molecule has 1 aromatic heterocycles. The van der Waals surface area contributed by atoms with E-state index >= 15 is 0 Å². The van der Waals surface area contributed by atoms with Gasteiger partial charge in [-0.25, -0.2) is 9.78 Å². The molecule has 4 amide bonds. The minimum atomic E-state index is -0.555. The molecule has 1 saturated heterocycles. The van der Waals surface area contributed by atoms with Crippen molar-refractivity contribution < 1.29 is 14.4 Å². The summed E-state index contributed by atoms with van der Waals surface area (Å²) in [6.07, 6.45) is 2.94. The summed E-state index contributed by atoms with van der Waals surface area (Å²) in [4.78, 5) is 42.3. The van der Waals surface area contributed by atoms with Crippen molar-refractivity contribution >= 4 is 29.4 Å². The van der Waals surface area contributed by atoms with Crippen molar-refractivity contribution in [3.63, 3.8) is 0 Å². The van der Waals surface area contributed by atoms with Gasteiger partial charge in [-0.15, -0.1) is 0 Å². The van der Waals surface area contributed by atoms with Gasteiger partial charge in [0.1, 0.15) is 5.82 Å². The van der Waals surface area contributed by atoms with Crippen LogP contribution in [0.3, 0.4) is 0 Å². The van der Waals surface area contributed by atoms with E-state index in [0.29, 0.717) is 37.4 Å². The molecule has 1 aliphatic rings. The van der Waals surface area contributed by atoms with E-state index in [1.54, 1.807) is 42.6 Å². The lowest BCUT2D eigenvalue weighted by Gasteiger charge is -2.30. The Labute approximate surface area is 163 Å². The molecule has 0 spiro atoms. The number of nitrogens with zero attached hydrogens (tertiary/aromatic N) is 2. The lowest BCUT2D eigenvalue weighted by Crippen LogP contribution is -2.45. The zero-order valence-electron chi connectivity index (χ0n) is 15.4. The standard InChI is InChI=1S/C20H23N5O3/c26-18(24-20(28)22-16-6-2-1-3-7-16)14-25-12-9-15(10-13-25)19(27)23-17-8-4-5-11-21-17/h1-8,11,15H,9-10,12-14H2,(H,21,23,27)(H2,22,24,26,28). The Morgan fingerprint density at radius 1 is 0.964 bits per heavy atom. The number of anilines is 2. The van der Waals surface area contributed by atoms with Gasteiger partial charge >= 0.3 is 6.03 Å². The highest BCUT2D eigenvalue weighted by Crippen LogP contribution is 2.18. The number of rotatable bonds is 5. The van der Waals surface area contributed by atoms with E-state index < -0.39 is 6.03 Å². The number of imide groups is 1. The topological polar surface area (TPSA) is 103 Å². The molecule has 1 aliphatic heterocycles. The van der Waals surface area contributed by atoms with Crippen LogP contribution in [0, 0.1) is 5.92 Å². The SMILES string of the molecule is O=C(CN1CCC(C(=O)Nc2ccccn2)CC1)NC(=O)Nc1ccccc1. The zero-order valence-corrected chi connectivity index (χ0v) is 15.4. The van der Waals surface area contributed by atoms with E-state index in [4.69, 9.17) is 0 Å². The number of aromatic nitrogens is 1. The van der Waals surface area contributed by atoms with Gasteiger partial charge in [0.25, 0.3) is 0 Å². The average molecular weight is 381 g/mol. The molecule has 28 heavy (non-hydrogen) atoms. The number of carbonyl (C=O) groups is 3. The van der Waals surface area contributed by atoms with Crippen molar-refractivity contribution in [2.24, 2.45) is 5.92 Å². The second-order valence-corrected chi connectivity index (χ2v) is 6.62. The van der Waals surface area contributed by atoms with Gasteiger partial charge in [0.15, 0.2) is 0 Å². The van der Waals surface area contributed by atoms with Crippen molar-refractivity contribution in [1.29, 1.82) is 0 Å². The highest BCUT2D eigenvalue weighted by atomic mass is 16.2. The molecule has 8 heteroatoms. The molecule has 1 aromatic carbocycles. The Bertz CT molecular complexity index is 805. The molecular weight excluding hydrogens is 358 g/mol. The van der Waals surface area contributed by atoms with Gasteiger partial charge in [0.2, 0.25) is 11.8 Å². The summed E-state index contributed by atoms with van der Waals surface area (Å²) in [5.41, 5.74) is 0.618.